The van der Waals surface area contributed by atoms with Crippen molar-refractivity contribution in [2.45, 2.75) is 6.42 Å². The molecule has 3 rings (SSSR count). The average Bonchev–Trinajstić information content (AvgIpc) is 3.03. The predicted molar refractivity (Wildman–Crippen MR) is 83.5 cm³/mol. The second kappa shape index (κ2) is 5.71. The summed E-state index contributed by atoms with van der Waals surface area (Å²) < 4.78 is 6.29. The molecule has 0 unspecified atom stereocenters. The van der Waals surface area contributed by atoms with E-state index in [2.05, 4.69) is 4.98 Å². The van der Waals surface area contributed by atoms with Gasteiger partial charge in [0.1, 0.15) is 5.52 Å². The summed E-state index contributed by atoms with van der Waals surface area (Å²) in [5.74, 6) is -0.616. The average molecular weight is 320 g/mol. The number of nitrogens with zero attached hydrogens (tertiary/aromatic N) is 1. The molecule has 1 N–H and O–H groups in total. The topological polar surface area (TPSA) is 63.3 Å². The fourth-order valence-corrected chi connectivity index (χ4v) is 2.97. The number of thiophene rings is 1. The highest BCUT2D eigenvalue weighted by molar-refractivity contribution is 7.17. The van der Waals surface area contributed by atoms with Gasteiger partial charge in [0.15, 0.2) is 5.58 Å². The van der Waals surface area contributed by atoms with E-state index in [9.17, 15) is 4.79 Å². The third kappa shape index (κ3) is 3.15. The van der Waals surface area contributed by atoms with Crippen LogP contribution >= 0.6 is 22.9 Å². The molecule has 0 radical (unpaired) electrons. The van der Waals surface area contributed by atoms with E-state index in [0.717, 1.165) is 4.88 Å². The van der Waals surface area contributed by atoms with Crippen LogP contribution < -0.4 is 0 Å². The van der Waals surface area contributed by atoms with E-state index in [1.165, 1.54) is 11.3 Å². The summed E-state index contributed by atoms with van der Waals surface area (Å²) in [7, 11) is 0. The summed E-state index contributed by atoms with van der Waals surface area (Å²) in [5.41, 5.74) is 1.85. The van der Waals surface area contributed by atoms with Crippen molar-refractivity contribution >= 4 is 51.7 Å². The molecule has 21 heavy (non-hydrogen) atoms. The lowest BCUT2D eigenvalue weighted by atomic mass is 10.1. The van der Waals surface area contributed by atoms with Crippen LogP contribution in [-0.2, 0) is 4.79 Å². The summed E-state index contributed by atoms with van der Waals surface area (Å²) in [6.07, 6.45) is 1.58. The molecule has 2 heterocycles. The Morgan fingerprint density at radius 2 is 2.14 bits per heavy atom. The number of halogens is 1. The second-order valence-corrected chi connectivity index (χ2v) is 6.12. The Morgan fingerprint density at radius 3 is 2.81 bits per heavy atom. The van der Waals surface area contributed by atoms with Crippen LogP contribution in [0.25, 0.3) is 22.7 Å². The van der Waals surface area contributed by atoms with Crippen molar-refractivity contribution in [3.63, 3.8) is 0 Å². The highest BCUT2D eigenvalue weighted by Gasteiger charge is 2.14. The molecule has 0 fully saturated rings. The summed E-state index contributed by atoms with van der Waals surface area (Å²) in [6, 6.07) is 10.9. The minimum Gasteiger partial charge on any atom is -0.481 e. The predicted octanol–water partition coefficient (Wildman–Crippen LogP) is 4.56. The van der Waals surface area contributed by atoms with Crippen molar-refractivity contribution in [1.82, 2.24) is 4.98 Å². The molecule has 0 amide bonds. The first-order valence-electron chi connectivity index (χ1n) is 6.15. The van der Waals surface area contributed by atoms with Gasteiger partial charge in [-0.1, -0.05) is 23.7 Å². The number of carboxylic acid groups (broad SMARTS) is 1. The zero-order valence-electron chi connectivity index (χ0n) is 10.7. The maximum atomic E-state index is 11.1. The number of aliphatic carboxylic acids is 1. The van der Waals surface area contributed by atoms with E-state index >= 15 is 0 Å². The quantitative estimate of drug-likeness (QED) is 0.765. The highest BCUT2D eigenvalue weighted by atomic mass is 35.5. The zero-order valence-corrected chi connectivity index (χ0v) is 12.3. The van der Waals surface area contributed by atoms with E-state index < -0.39 is 5.97 Å². The standard InChI is InChI=1S/C15H10ClNO3S/c16-13-6-5-10(21-13)7-9(8-14(18)19)15-17-11-3-1-2-4-12(11)20-15/h1-7H,8H2,(H,18,19)/b9-7+. The van der Waals surface area contributed by atoms with Gasteiger partial charge in [-0.15, -0.1) is 11.3 Å². The van der Waals surface area contributed by atoms with Crippen LogP contribution in [0.3, 0.4) is 0 Å². The number of benzene rings is 1. The number of oxazole rings is 1. The number of fused-ring (bicyclic) bond motifs is 1. The van der Waals surface area contributed by atoms with Crippen LogP contribution in [0, 0.1) is 0 Å². The first-order chi connectivity index (χ1) is 10.1. The van der Waals surface area contributed by atoms with Crippen LogP contribution in [0.5, 0.6) is 0 Å². The fraction of sp³-hybridized carbons (Fsp3) is 0.0667. The van der Waals surface area contributed by atoms with Gasteiger partial charge >= 0.3 is 5.97 Å². The molecular formula is C15H10ClNO3S. The van der Waals surface area contributed by atoms with Gasteiger partial charge < -0.3 is 9.52 Å². The van der Waals surface area contributed by atoms with E-state index in [0.29, 0.717) is 26.9 Å². The molecule has 1 aromatic carbocycles. The maximum absolute atomic E-state index is 11.1. The fourth-order valence-electron chi connectivity index (χ4n) is 1.94. The first kappa shape index (κ1) is 13.9. The molecule has 0 spiro atoms. The number of carbonyl (C=O) groups is 1. The van der Waals surface area contributed by atoms with Gasteiger partial charge in [-0.3, -0.25) is 4.79 Å². The van der Waals surface area contributed by atoms with E-state index in [-0.39, 0.29) is 6.42 Å². The molecule has 3 aromatic rings. The number of hydrogen-bond donors (Lipinski definition) is 1. The largest absolute Gasteiger partial charge is 0.481 e. The van der Waals surface area contributed by atoms with E-state index in [1.54, 1.807) is 18.2 Å². The lowest BCUT2D eigenvalue weighted by molar-refractivity contribution is -0.135. The number of para-hydroxylation sites is 2. The molecular weight excluding hydrogens is 310 g/mol. The SMILES string of the molecule is O=C(O)C/C(=C\c1ccc(Cl)s1)c1nc2ccccc2o1. The monoisotopic (exact) mass is 319 g/mol. The minimum atomic E-state index is -0.939. The van der Waals surface area contributed by atoms with Crippen LogP contribution in [0.1, 0.15) is 17.2 Å². The van der Waals surface area contributed by atoms with Crippen molar-refractivity contribution in [2.75, 3.05) is 0 Å². The van der Waals surface area contributed by atoms with Crippen LogP contribution in [0.4, 0.5) is 0 Å². The van der Waals surface area contributed by atoms with E-state index in [4.69, 9.17) is 21.1 Å². The molecule has 0 saturated heterocycles. The second-order valence-electron chi connectivity index (χ2n) is 4.37. The van der Waals surface area contributed by atoms with Gasteiger partial charge in [0.25, 0.3) is 0 Å². The molecule has 0 bridgehead atoms. The molecule has 0 atom stereocenters. The van der Waals surface area contributed by atoms with Gasteiger partial charge in [-0.05, 0) is 30.3 Å². The van der Waals surface area contributed by atoms with Gasteiger partial charge in [-0.2, -0.15) is 0 Å². The molecule has 0 saturated carbocycles. The van der Waals surface area contributed by atoms with Gasteiger partial charge in [-0.25, -0.2) is 4.98 Å². The number of aromatic nitrogens is 1. The molecule has 4 nitrogen and oxygen atoms in total. The van der Waals surface area contributed by atoms with Crippen molar-refractivity contribution in [2.24, 2.45) is 0 Å². The molecule has 0 aliphatic rings. The zero-order chi connectivity index (χ0) is 14.8. The van der Waals surface area contributed by atoms with Gasteiger partial charge in [0.2, 0.25) is 5.89 Å². The molecule has 106 valence electrons. The number of carboxylic acids is 1. The summed E-state index contributed by atoms with van der Waals surface area (Å²) in [4.78, 5) is 16.3. The third-order valence-electron chi connectivity index (χ3n) is 2.82. The smallest absolute Gasteiger partial charge is 0.308 e. The Morgan fingerprint density at radius 1 is 1.33 bits per heavy atom. The van der Waals surface area contributed by atoms with Crippen LogP contribution in [0.2, 0.25) is 4.34 Å². The van der Waals surface area contributed by atoms with E-state index in [1.807, 2.05) is 24.3 Å². The Bertz CT molecular complexity index is 801. The lowest BCUT2D eigenvalue weighted by Gasteiger charge is -1.98. The Balaban J connectivity index is 2.06. The highest BCUT2D eigenvalue weighted by Crippen LogP contribution is 2.29. The van der Waals surface area contributed by atoms with Gasteiger partial charge in [0.05, 0.1) is 10.8 Å². The molecule has 6 heteroatoms. The van der Waals surface area contributed by atoms with Crippen molar-refractivity contribution in [3.8, 4) is 0 Å². The Hall–Kier alpha value is -2.11. The van der Waals surface area contributed by atoms with Crippen LogP contribution in [-0.4, -0.2) is 16.1 Å². The first-order valence-corrected chi connectivity index (χ1v) is 7.35. The van der Waals surface area contributed by atoms with Gasteiger partial charge in [0, 0.05) is 10.5 Å². The van der Waals surface area contributed by atoms with Crippen molar-refractivity contribution < 1.29 is 14.3 Å². The van der Waals surface area contributed by atoms with Crippen LogP contribution in [0.15, 0.2) is 40.8 Å². The summed E-state index contributed by atoms with van der Waals surface area (Å²) >= 11 is 7.27. The summed E-state index contributed by atoms with van der Waals surface area (Å²) in [5, 5.41) is 9.07. The normalized spacial score (nSPS) is 12.0. The number of rotatable bonds is 4. The molecule has 0 aliphatic carbocycles. The molecule has 2 aromatic heterocycles. The number of hydrogen-bond acceptors (Lipinski definition) is 4. The minimum absolute atomic E-state index is 0.164. The van der Waals surface area contributed by atoms with Crippen molar-refractivity contribution in [3.05, 3.63) is 51.5 Å². The van der Waals surface area contributed by atoms with Crippen molar-refractivity contribution in [1.29, 1.82) is 0 Å². The Labute approximate surface area is 129 Å². The third-order valence-corrected chi connectivity index (χ3v) is 4.00. The maximum Gasteiger partial charge on any atom is 0.308 e. The molecule has 0 aliphatic heterocycles. The summed E-state index contributed by atoms with van der Waals surface area (Å²) in [6.45, 7) is 0. The lowest BCUT2D eigenvalue weighted by Crippen LogP contribution is -1.97. The Kier molecular flexibility index (Phi) is 3.77.